The van der Waals surface area contributed by atoms with Crippen LogP contribution in [0.3, 0.4) is 0 Å². The summed E-state index contributed by atoms with van der Waals surface area (Å²) in [5.41, 5.74) is 0.317. The molecule has 1 heterocycles. The molecule has 0 saturated heterocycles. The van der Waals surface area contributed by atoms with Gasteiger partial charge < -0.3 is 5.32 Å². The lowest BCUT2D eigenvalue weighted by molar-refractivity contribution is -0.157. The summed E-state index contributed by atoms with van der Waals surface area (Å²) in [6.45, 7) is 3.91. The number of alkyl halides is 3. The second kappa shape index (κ2) is 5.51. The number of hydrogen-bond acceptors (Lipinski definition) is 2. The van der Waals surface area contributed by atoms with Crippen LogP contribution in [-0.2, 0) is 0 Å². The topological polar surface area (TPSA) is 12.0 Å². The van der Waals surface area contributed by atoms with Crippen molar-refractivity contribution in [2.24, 2.45) is 0 Å². The first kappa shape index (κ1) is 14.0. The lowest BCUT2D eigenvalue weighted by Crippen LogP contribution is -2.34. The number of hydrogen-bond donors (Lipinski definition) is 1. The molecule has 0 aliphatic heterocycles. The summed E-state index contributed by atoms with van der Waals surface area (Å²) >= 11 is 4.53. The third-order valence-electron chi connectivity index (χ3n) is 2.16. The molecule has 0 aliphatic carbocycles. The van der Waals surface area contributed by atoms with Gasteiger partial charge in [0.1, 0.15) is 6.04 Å². The highest BCUT2D eigenvalue weighted by molar-refractivity contribution is 9.11. The molecule has 1 aromatic heterocycles. The van der Waals surface area contributed by atoms with Gasteiger partial charge in [-0.25, -0.2) is 0 Å². The van der Waals surface area contributed by atoms with Crippen molar-refractivity contribution >= 4 is 27.3 Å². The molecule has 1 atom stereocenters. The van der Waals surface area contributed by atoms with Gasteiger partial charge in [0.05, 0.1) is 3.79 Å². The minimum Gasteiger partial charge on any atom is -0.302 e. The molecule has 1 unspecified atom stereocenters. The van der Waals surface area contributed by atoms with E-state index in [9.17, 15) is 13.2 Å². The van der Waals surface area contributed by atoms with Gasteiger partial charge in [-0.15, -0.1) is 11.3 Å². The van der Waals surface area contributed by atoms with E-state index in [-0.39, 0.29) is 0 Å². The predicted molar refractivity (Wildman–Crippen MR) is 63.8 cm³/mol. The maximum Gasteiger partial charge on any atom is 0.407 e. The smallest absolute Gasteiger partial charge is 0.302 e. The van der Waals surface area contributed by atoms with E-state index in [1.165, 1.54) is 11.3 Å². The van der Waals surface area contributed by atoms with E-state index in [2.05, 4.69) is 21.2 Å². The maximum atomic E-state index is 12.8. The molecule has 92 valence electrons. The zero-order valence-corrected chi connectivity index (χ0v) is 11.4. The van der Waals surface area contributed by atoms with Gasteiger partial charge in [0.15, 0.2) is 0 Å². The Morgan fingerprint density at radius 1 is 1.50 bits per heavy atom. The van der Waals surface area contributed by atoms with E-state index in [4.69, 9.17) is 0 Å². The highest BCUT2D eigenvalue weighted by Gasteiger charge is 2.41. The van der Waals surface area contributed by atoms with Crippen LogP contribution in [0.4, 0.5) is 13.2 Å². The molecular formula is C10H13BrF3NS. The molecule has 16 heavy (non-hydrogen) atoms. The van der Waals surface area contributed by atoms with E-state index < -0.39 is 12.2 Å². The molecule has 0 fully saturated rings. The normalized spacial score (nSPS) is 14.1. The summed E-state index contributed by atoms with van der Waals surface area (Å²) in [6.07, 6.45) is -3.57. The average Bonchev–Trinajstić information content (AvgIpc) is 2.44. The Kier molecular flexibility index (Phi) is 4.82. The monoisotopic (exact) mass is 315 g/mol. The van der Waals surface area contributed by atoms with Crippen LogP contribution in [0.25, 0.3) is 0 Å². The Labute approximate surface area is 105 Å². The average molecular weight is 316 g/mol. The van der Waals surface area contributed by atoms with E-state index in [0.717, 1.165) is 3.79 Å². The maximum absolute atomic E-state index is 12.8. The zero-order chi connectivity index (χ0) is 12.3. The van der Waals surface area contributed by atoms with Gasteiger partial charge in [-0.2, -0.15) is 13.2 Å². The van der Waals surface area contributed by atoms with Crippen LogP contribution in [0.2, 0.25) is 0 Å². The molecule has 1 nitrogen and oxygen atoms in total. The van der Waals surface area contributed by atoms with Crippen molar-refractivity contribution in [1.29, 1.82) is 0 Å². The van der Waals surface area contributed by atoms with Crippen LogP contribution < -0.4 is 5.32 Å². The predicted octanol–water partition coefficient (Wildman–Crippen LogP) is 4.42. The van der Waals surface area contributed by atoms with Crippen molar-refractivity contribution in [2.75, 3.05) is 6.54 Å². The van der Waals surface area contributed by atoms with E-state index in [1.807, 2.05) is 6.92 Å². The molecule has 0 aliphatic rings. The molecule has 0 saturated carbocycles. The van der Waals surface area contributed by atoms with Crippen LogP contribution in [0.1, 0.15) is 29.8 Å². The van der Waals surface area contributed by atoms with Crippen molar-refractivity contribution in [2.45, 2.75) is 32.5 Å². The van der Waals surface area contributed by atoms with Crippen molar-refractivity contribution in [1.82, 2.24) is 5.32 Å². The second-order valence-electron chi connectivity index (χ2n) is 3.49. The highest BCUT2D eigenvalue weighted by Crippen LogP contribution is 2.38. The molecule has 0 radical (unpaired) electrons. The first-order valence-electron chi connectivity index (χ1n) is 4.92. The van der Waals surface area contributed by atoms with Crippen LogP contribution in [0.5, 0.6) is 0 Å². The molecule has 1 rings (SSSR count). The standard InChI is InChI=1S/C10H13BrF3NS/c1-3-4-15-9(10(12,13)14)7-5-8(11)16-6(7)2/h5,9,15H,3-4H2,1-2H3. The lowest BCUT2D eigenvalue weighted by atomic mass is 10.1. The highest BCUT2D eigenvalue weighted by atomic mass is 79.9. The van der Waals surface area contributed by atoms with Crippen molar-refractivity contribution in [3.63, 3.8) is 0 Å². The van der Waals surface area contributed by atoms with E-state index in [1.54, 1.807) is 13.0 Å². The van der Waals surface area contributed by atoms with Crippen molar-refractivity contribution < 1.29 is 13.2 Å². The Morgan fingerprint density at radius 3 is 2.50 bits per heavy atom. The van der Waals surface area contributed by atoms with Gasteiger partial charge in [-0.1, -0.05) is 6.92 Å². The SMILES string of the molecule is CCCNC(c1cc(Br)sc1C)C(F)(F)F. The van der Waals surface area contributed by atoms with Gasteiger partial charge in [0, 0.05) is 4.88 Å². The van der Waals surface area contributed by atoms with Crippen molar-refractivity contribution in [3.05, 3.63) is 20.3 Å². The Balaban J connectivity index is 2.96. The zero-order valence-electron chi connectivity index (χ0n) is 8.99. The van der Waals surface area contributed by atoms with Crippen molar-refractivity contribution in [3.8, 4) is 0 Å². The number of thiophene rings is 1. The Morgan fingerprint density at radius 2 is 2.12 bits per heavy atom. The quantitative estimate of drug-likeness (QED) is 0.867. The molecule has 0 bridgehead atoms. The second-order valence-corrected chi connectivity index (χ2v) is 6.13. The van der Waals surface area contributed by atoms with Gasteiger partial charge in [0.25, 0.3) is 0 Å². The fourth-order valence-corrected chi connectivity index (χ4v) is 3.18. The largest absolute Gasteiger partial charge is 0.407 e. The fraction of sp³-hybridized carbons (Fsp3) is 0.600. The third kappa shape index (κ3) is 3.46. The summed E-state index contributed by atoms with van der Waals surface area (Å²) in [6, 6.07) is -0.0177. The number of nitrogens with one attached hydrogen (secondary N) is 1. The Hall–Kier alpha value is -0.0700. The van der Waals surface area contributed by atoms with Gasteiger partial charge in [-0.3, -0.25) is 0 Å². The molecular weight excluding hydrogens is 303 g/mol. The van der Waals surface area contributed by atoms with Crippen LogP contribution >= 0.6 is 27.3 Å². The van der Waals surface area contributed by atoms with Crippen LogP contribution in [0, 0.1) is 6.92 Å². The minimum absolute atomic E-state index is 0.317. The summed E-state index contributed by atoms with van der Waals surface area (Å²) in [5.74, 6) is 0. The van der Waals surface area contributed by atoms with Gasteiger partial charge in [-0.05, 0) is 47.4 Å². The summed E-state index contributed by atoms with van der Waals surface area (Å²) in [7, 11) is 0. The first-order chi connectivity index (χ1) is 7.36. The molecule has 0 spiro atoms. The number of aryl methyl sites for hydroxylation is 1. The molecule has 0 amide bonds. The summed E-state index contributed by atoms with van der Waals surface area (Å²) in [4.78, 5) is 0.692. The fourth-order valence-electron chi connectivity index (χ4n) is 1.44. The lowest BCUT2D eigenvalue weighted by Gasteiger charge is -2.21. The van der Waals surface area contributed by atoms with Gasteiger partial charge in [0.2, 0.25) is 0 Å². The molecule has 0 aromatic carbocycles. The summed E-state index contributed by atoms with van der Waals surface area (Å²) < 4.78 is 39.3. The van der Waals surface area contributed by atoms with Gasteiger partial charge >= 0.3 is 6.18 Å². The molecule has 1 aromatic rings. The number of halogens is 4. The third-order valence-corrected chi connectivity index (χ3v) is 3.73. The number of rotatable bonds is 4. The van der Waals surface area contributed by atoms with Crippen LogP contribution in [-0.4, -0.2) is 12.7 Å². The molecule has 6 heteroatoms. The first-order valence-corrected chi connectivity index (χ1v) is 6.53. The van der Waals surface area contributed by atoms with Crippen LogP contribution in [0.15, 0.2) is 9.85 Å². The summed E-state index contributed by atoms with van der Waals surface area (Å²) in [5, 5.41) is 2.54. The Bertz CT molecular complexity index is 348. The minimum atomic E-state index is -4.25. The van der Waals surface area contributed by atoms with E-state index >= 15 is 0 Å². The van der Waals surface area contributed by atoms with E-state index in [0.29, 0.717) is 23.4 Å². The molecule has 1 N–H and O–H groups in total.